The molecule has 2 heteroatoms. The Morgan fingerprint density at radius 2 is 0.833 bits per heavy atom. The highest BCUT2D eigenvalue weighted by Gasteiger charge is 2.26. The van der Waals surface area contributed by atoms with Crippen molar-refractivity contribution >= 4 is 54.5 Å². The van der Waals surface area contributed by atoms with Crippen LogP contribution in [0, 0.1) is 0 Å². The summed E-state index contributed by atoms with van der Waals surface area (Å²) in [6.45, 7) is 0. The Morgan fingerprint density at radius 1 is 0.310 bits per heavy atom. The average molecular weight is 537 g/mol. The third-order valence-electron chi connectivity index (χ3n) is 8.48. The minimum atomic E-state index is 0.831. The zero-order chi connectivity index (χ0) is 27.6. The monoisotopic (exact) mass is 536 g/mol. The highest BCUT2D eigenvalue weighted by atomic mass is 16.3. The second-order valence-electron chi connectivity index (χ2n) is 10.8. The molecule has 42 heavy (non-hydrogen) atoms. The van der Waals surface area contributed by atoms with E-state index in [9.17, 15) is 0 Å². The predicted molar refractivity (Wildman–Crippen MR) is 175 cm³/mol. The molecule has 0 saturated heterocycles. The van der Waals surface area contributed by atoms with Crippen molar-refractivity contribution in [1.29, 1.82) is 0 Å². The first kappa shape index (κ1) is 23.1. The van der Waals surface area contributed by atoms with Gasteiger partial charge < -0.3 is 8.83 Å². The van der Waals surface area contributed by atoms with Gasteiger partial charge in [-0.25, -0.2) is 0 Å². The summed E-state index contributed by atoms with van der Waals surface area (Å²) in [5.41, 5.74) is 8.35. The van der Waals surface area contributed by atoms with Crippen molar-refractivity contribution in [2.75, 3.05) is 0 Å². The van der Waals surface area contributed by atoms with Crippen molar-refractivity contribution < 1.29 is 8.83 Å². The molecule has 0 aliphatic rings. The molecule has 0 unspecified atom stereocenters. The summed E-state index contributed by atoms with van der Waals surface area (Å²) in [4.78, 5) is 0. The van der Waals surface area contributed by atoms with Crippen LogP contribution < -0.4 is 0 Å². The summed E-state index contributed by atoms with van der Waals surface area (Å²) >= 11 is 0. The molecule has 2 nitrogen and oxygen atoms in total. The summed E-state index contributed by atoms with van der Waals surface area (Å²) < 4.78 is 13.2. The Morgan fingerprint density at radius 3 is 1.48 bits per heavy atom. The molecule has 0 amide bonds. The maximum atomic E-state index is 6.97. The van der Waals surface area contributed by atoms with Crippen molar-refractivity contribution in [3.8, 4) is 33.6 Å². The Balaban J connectivity index is 1.51. The van der Waals surface area contributed by atoms with Crippen molar-refractivity contribution in [2.24, 2.45) is 0 Å². The van der Waals surface area contributed by atoms with Gasteiger partial charge in [0.1, 0.15) is 22.5 Å². The van der Waals surface area contributed by atoms with E-state index in [2.05, 4.69) is 127 Å². The molecule has 0 radical (unpaired) electrons. The summed E-state index contributed by atoms with van der Waals surface area (Å²) in [6, 6.07) is 51.2. The summed E-state index contributed by atoms with van der Waals surface area (Å²) in [6.07, 6.45) is 0. The minimum Gasteiger partial charge on any atom is -0.456 e. The van der Waals surface area contributed by atoms with Crippen molar-refractivity contribution in [2.45, 2.75) is 0 Å². The average Bonchev–Trinajstić information content (AvgIpc) is 3.63. The number of fused-ring (bicyclic) bond motifs is 7. The van der Waals surface area contributed by atoms with Gasteiger partial charge in [-0.15, -0.1) is 0 Å². The zero-order valence-corrected chi connectivity index (χ0v) is 22.7. The highest BCUT2D eigenvalue weighted by molar-refractivity contribution is 6.27. The normalized spacial score (nSPS) is 11.8. The molecule has 0 aliphatic carbocycles. The lowest BCUT2D eigenvalue weighted by atomic mass is 9.84. The Labute approximate surface area is 242 Å². The number of rotatable bonds is 3. The summed E-state index contributed by atoms with van der Waals surface area (Å²) in [5, 5.41) is 8.00. The van der Waals surface area contributed by atoms with Crippen LogP contribution in [0.2, 0.25) is 0 Å². The van der Waals surface area contributed by atoms with Crippen molar-refractivity contribution in [3.05, 3.63) is 146 Å². The van der Waals surface area contributed by atoms with E-state index in [0.29, 0.717) is 0 Å². The fraction of sp³-hybridized carbons (Fsp3) is 0. The molecule has 9 aromatic rings. The third-order valence-corrected chi connectivity index (χ3v) is 8.48. The summed E-state index contributed by atoms with van der Waals surface area (Å²) in [7, 11) is 0. The van der Waals surface area contributed by atoms with E-state index in [-0.39, 0.29) is 0 Å². The number of benzene rings is 7. The van der Waals surface area contributed by atoms with Crippen LogP contribution in [0.3, 0.4) is 0 Å². The van der Waals surface area contributed by atoms with Gasteiger partial charge in [-0.1, -0.05) is 127 Å². The van der Waals surface area contributed by atoms with E-state index in [4.69, 9.17) is 8.83 Å². The van der Waals surface area contributed by atoms with Gasteiger partial charge in [0, 0.05) is 27.5 Å². The number of hydrogen-bond donors (Lipinski definition) is 0. The highest BCUT2D eigenvalue weighted by Crippen LogP contribution is 2.51. The molecule has 2 heterocycles. The van der Waals surface area contributed by atoms with Crippen LogP contribution in [0.1, 0.15) is 0 Å². The van der Waals surface area contributed by atoms with Gasteiger partial charge in [-0.3, -0.25) is 0 Å². The number of furan rings is 2. The number of para-hydroxylation sites is 1. The lowest BCUT2D eigenvalue weighted by molar-refractivity contribution is 0.634. The SMILES string of the molecule is c1ccc(-c2oc3c(ccc4oc5ccccc5c43)c2-c2c3ccccc3c(-c3ccccc3)c3ccccc23)cc1. The summed E-state index contributed by atoms with van der Waals surface area (Å²) in [5.74, 6) is 0.867. The maximum absolute atomic E-state index is 6.97. The van der Waals surface area contributed by atoms with Gasteiger partial charge >= 0.3 is 0 Å². The minimum absolute atomic E-state index is 0.831. The van der Waals surface area contributed by atoms with Crippen LogP contribution in [0.5, 0.6) is 0 Å². The van der Waals surface area contributed by atoms with Crippen molar-refractivity contribution in [1.82, 2.24) is 0 Å². The van der Waals surface area contributed by atoms with E-state index in [1.807, 2.05) is 18.2 Å². The van der Waals surface area contributed by atoms with Crippen LogP contribution >= 0.6 is 0 Å². The van der Waals surface area contributed by atoms with E-state index in [1.54, 1.807) is 0 Å². The topological polar surface area (TPSA) is 26.3 Å². The molecular weight excluding hydrogens is 512 g/mol. The zero-order valence-electron chi connectivity index (χ0n) is 22.7. The van der Waals surface area contributed by atoms with Gasteiger partial charge in [0.2, 0.25) is 0 Å². The second-order valence-corrected chi connectivity index (χ2v) is 10.8. The quantitative estimate of drug-likeness (QED) is 0.210. The smallest absolute Gasteiger partial charge is 0.147 e. The van der Waals surface area contributed by atoms with Crippen LogP contribution in [-0.4, -0.2) is 0 Å². The van der Waals surface area contributed by atoms with E-state index < -0.39 is 0 Å². The van der Waals surface area contributed by atoms with Crippen molar-refractivity contribution in [3.63, 3.8) is 0 Å². The molecule has 7 aromatic carbocycles. The van der Waals surface area contributed by atoms with Crippen LogP contribution in [0.4, 0.5) is 0 Å². The first-order chi connectivity index (χ1) is 20.9. The molecular formula is C40H24O2. The molecule has 0 atom stereocenters. The molecule has 0 spiro atoms. The Hall–Kier alpha value is -5.60. The maximum Gasteiger partial charge on any atom is 0.147 e. The fourth-order valence-electron chi connectivity index (χ4n) is 6.72. The van der Waals surface area contributed by atoms with Gasteiger partial charge in [-0.2, -0.15) is 0 Å². The molecule has 0 saturated carbocycles. The predicted octanol–water partition coefficient (Wildman–Crippen LogP) is 11.6. The van der Waals surface area contributed by atoms with E-state index in [0.717, 1.165) is 49.8 Å². The molecule has 196 valence electrons. The molecule has 0 fully saturated rings. The first-order valence-electron chi connectivity index (χ1n) is 14.3. The molecule has 0 N–H and O–H groups in total. The first-order valence-corrected chi connectivity index (χ1v) is 14.3. The van der Waals surface area contributed by atoms with E-state index in [1.165, 1.54) is 38.2 Å². The van der Waals surface area contributed by atoms with Crippen LogP contribution in [-0.2, 0) is 0 Å². The van der Waals surface area contributed by atoms with E-state index >= 15 is 0 Å². The Kier molecular flexibility index (Phi) is 4.93. The second kappa shape index (κ2) is 8.95. The van der Waals surface area contributed by atoms with Gasteiger partial charge in [-0.05, 0) is 50.9 Å². The van der Waals surface area contributed by atoms with Gasteiger partial charge in [0.15, 0.2) is 0 Å². The standard InChI is InChI=1S/C40H24O2/c1-3-13-25(14-4-1)35-27-17-7-9-19-29(27)36(30-20-10-8-18-28(30)35)38-32-23-24-34-37(31-21-11-12-22-33(31)41-34)40(32)42-39(38)26-15-5-2-6-16-26/h1-24H. The fourth-order valence-corrected chi connectivity index (χ4v) is 6.72. The van der Waals surface area contributed by atoms with Gasteiger partial charge in [0.25, 0.3) is 0 Å². The molecule has 9 rings (SSSR count). The lowest BCUT2D eigenvalue weighted by Gasteiger charge is -2.18. The molecule has 0 bridgehead atoms. The van der Waals surface area contributed by atoms with Crippen LogP contribution in [0.15, 0.2) is 154 Å². The lowest BCUT2D eigenvalue weighted by Crippen LogP contribution is -1.91. The van der Waals surface area contributed by atoms with Crippen LogP contribution in [0.25, 0.3) is 88.0 Å². The third kappa shape index (κ3) is 3.27. The van der Waals surface area contributed by atoms with Gasteiger partial charge in [0.05, 0.1) is 5.39 Å². The molecule has 2 aromatic heterocycles. The largest absolute Gasteiger partial charge is 0.456 e. The Bertz CT molecular complexity index is 2390. The number of hydrogen-bond acceptors (Lipinski definition) is 2. The molecule has 0 aliphatic heterocycles.